The normalized spacial score (nSPS) is 29.4. The van der Waals surface area contributed by atoms with Crippen molar-refractivity contribution in [1.82, 2.24) is 29.7 Å². The van der Waals surface area contributed by atoms with Crippen LogP contribution in [0.2, 0.25) is 0 Å². The van der Waals surface area contributed by atoms with Gasteiger partial charge in [0, 0.05) is 12.1 Å². The first-order valence-electron chi connectivity index (χ1n) is 11.4. The van der Waals surface area contributed by atoms with Gasteiger partial charge in [0.05, 0.1) is 6.33 Å². The molecule has 3 N–H and O–H groups in total. The highest BCUT2D eigenvalue weighted by Gasteiger charge is 2.51. The highest BCUT2D eigenvalue weighted by atomic mass is 16.2. The van der Waals surface area contributed by atoms with Crippen LogP contribution in [-0.2, 0) is 16.1 Å². The zero-order chi connectivity index (χ0) is 21.8. The number of fused-ring (bicyclic) bond motifs is 2. The van der Waals surface area contributed by atoms with Crippen molar-refractivity contribution in [3.05, 3.63) is 12.7 Å². The smallest absolute Gasteiger partial charge is 0.243 e. The molecule has 0 bridgehead atoms. The number of carbonyl (C=O) groups is 2. The zero-order valence-electron chi connectivity index (χ0n) is 18.3. The number of aromatic nitrogens is 4. The van der Waals surface area contributed by atoms with Gasteiger partial charge in [-0.1, -0.05) is 20.3 Å². The van der Waals surface area contributed by atoms with Crippen LogP contribution in [0.1, 0.15) is 58.8 Å². The van der Waals surface area contributed by atoms with E-state index in [0.29, 0.717) is 22.9 Å². The average molecular weight is 426 g/mol. The van der Waals surface area contributed by atoms with Crippen LogP contribution in [0.15, 0.2) is 12.7 Å². The highest BCUT2D eigenvalue weighted by molar-refractivity contribution is 5.90. The van der Waals surface area contributed by atoms with Crippen LogP contribution >= 0.6 is 0 Å². The molecule has 1 unspecified atom stereocenters. The molecule has 31 heavy (non-hydrogen) atoms. The minimum absolute atomic E-state index is 0.00695. The van der Waals surface area contributed by atoms with Crippen LogP contribution in [-0.4, -0.2) is 54.4 Å². The maximum absolute atomic E-state index is 13.4. The number of hydrogen-bond donors (Lipinski definition) is 2. The third kappa shape index (κ3) is 3.64. The maximum Gasteiger partial charge on any atom is 0.243 e. The number of imidazole rings is 1. The largest absolute Gasteiger partial charge is 0.382 e. The number of nitrogens with zero attached hydrogens (tertiary/aromatic N) is 5. The van der Waals surface area contributed by atoms with E-state index in [-0.39, 0.29) is 41.9 Å². The summed E-state index contributed by atoms with van der Waals surface area (Å²) in [6.45, 7) is 4.63. The Hall–Kier alpha value is -2.71. The van der Waals surface area contributed by atoms with Crippen LogP contribution in [0.25, 0.3) is 11.2 Å². The molecular formula is C22H31N7O2. The summed E-state index contributed by atoms with van der Waals surface area (Å²) >= 11 is 0. The molecule has 3 aliphatic rings. The third-order valence-corrected chi connectivity index (χ3v) is 7.47. The van der Waals surface area contributed by atoms with Crippen molar-refractivity contribution in [2.75, 3.05) is 5.73 Å². The van der Waals surface area contributed by atoms with E-state index in [2.05, 4.69) is 34.1 Å². The van der Waals surface area contributed by atoms with Gasteiger partial charge in [-0.3, -0.25) is 9.59 Å². The monoisotopic (exact) mass is 425 g/mol. The van der Waals surface area contributed by atoms with Crippen LogP contribution in [0.4, 0.5) is 5.82 Å². The molecule has 2 aromatic heterocycles. The summed E-state index contributed by atoms with van der Waals surface area (Å²) in [7, 11) is 0. The van der Waals surface area contributed by atoms with Gasteiger partial charge < -0.3 is 20.5 Å². The number of nitrogens with two attached hydrogens (primary N) is 1. The van der Waals surface area contributed by atoms with Crippen LogP contribution in [0.3, 0.4) is 0 Å². The number of nitrogens with one attached hydrogen (secondary N) is 1. The number of rotatable bonds is 4. The van der Waals surface area contributed by atoms with Gasteiger partial charge in [0.25, 0.3) is 0 Å². The first kappa shape index (κ1) is 20.2. The van der Waals surface area contributed by atoms with E-state index in [1.54, 1.807) is 10.9 Å². The molecule has 9 nitrogen and oxygen atoms in total. The van der Waals surface area contributed by atoms with Crippen molar-refractivity contribution in [2.45, 2.75) is 83.5 Å². The lowest BCUT2D eigenvalue weighted by molar-refractivity contribution is -0.142. The number of hydrogen-bond acceptors (Lipinski definition) is 6. The Kier molecular flexibility index (Phi) is 4.86. The molecule has 0 radical (unpaired) electrons. The summed E-state index contributed by atoms with van der Waals surface area (Å²) in [4.78, 5) is 40.9. The molecule has 5 rings (SSSR count). The van der Waals surface area contributed by atoms with E-state index in [1.165, 1.54) is 12.7 Å². The van der Waals surface area contributed by atoms with Gasteiger partial charge in [-0.2, -0.15) is 0 Å². The van der Waals surface area contributed by atoms with Gasteiger partial charge in [-0.15, -0.1) is 0 Å². The molecule has 3 fully saturated rings. The predicted octanol–water partition coefficient (Wildman–Crippen LogP) is 1.87. The van der Waals surface area contributed by atoms with E-state index < -0.39 is 0 Å². The summed E-state index contributed by atoms with van der Waals surface area (Å²) in [6.07, 6.45) is 10.1. The molecule has 2 aromatic rings. The average Bonchev–Trinajstić information content (AvgIpc) is 3.20. The van der Waals surface area contributed by atoms with Crippen molar-refractivity contribution >= 4 is 28.8 Å². The standard InChI is InChI=1S/C22H31N7O2/c1-22(2)7-3-4-14(9-22)27-21(31)16-8-13-5-6-15(13)29(16)17(30)10-28-12-26-18-19(23)24-11-25-20(18)28/h11-16H,3-10H2,1-2H3,(H,27,31)(H2,23,24,25)/t13-,14?,15-,16+/m1/s1. The Morgan fingerprint density at radius 2 is 2.06 bits per heavy atom. The zero-order valence-corrected chi connectivity index (χ0v) is 18.3. The first-order valence-corrected chi connectivity index (χ1v) is 11.4. The molecule has 0 aromatic carbocycles. The number of nitrogen functional groups attached to an aromatic ring is 1. The summed E-state index contributed by atoms with van der Waals surface area (Å²) in [5, 5.41) is 3.28. The van der Waals surface area contributed by atoms with Crippen LogP contribution in [0.5, 0.6) is 0 Å². The van der Waals surface area contributed by atoms with E-state index in [9.17, 15) is 9.59 Å². The van der Waals surface area contributed by atoms with Gasteiger partial charge >= 0.3 is 0 Å². The highest BCUT2D eigenvalue weighted by Crippen LogP contribution is 2.44. The van der Waals surface area contributed by atoms with Gasteiger partial charge in [0.15, 0.2) is 11.5 Å². The number of amides is 2. The summed E-state index contributed by atoms with van der Waals surface area (Å²) < 4.78 is 1.69. The summed E-state index contributed by atoms with van der Waals surface area (Å²) in [5.41, 5.74) is 7.15. The second-order valence-electron chi connectivity index (χ2n) is 10.2. The van der Waals surface area contributed by atoms with Gasteiger partial charge in [0.2, 0.25) is 11.8 Å². The Labute approximate surface area is 181 Å². The minimum atomic E-state index is -0.385. The molecule has 1 saturated heterocycles. The van der Waals surface area contributed by atoms with E-state index in [1.807, 2.05) is 4.90 Å². The van der Waals surface area contributed by atoms with Crippen LogP contribution < -0.4 is 11.1 Å². The minimum Gasteiger partial charge on any atom is -0.382 e. The van der Waals surface area contributed by atoms with Crippen molar-refractivity contribution in [3.8, 4) is 0 Å². The van der Waals surface area contributed by atoms with Gasteiger partial charge in [0.1, 0.15) is 24.4 Å². The fraction of sp³-hybridized carbons (Fsp3) is 0.682. The molecule has 2 saturated carbocycles. The lowest BCUT2D eigenvalue weighted by Gasteiger charge is -2.38. The third-order valence-electron chi connectivity index (χ3n) is 7.47. The lowest BCUT2D eigenvalue weighted by atomic mass is 9.75. The second kappa shape index (κ2) is 7.46. The van der Waals surface area contributed by atoms with Gasteiger partial charge in [-0.05, 0) is 49.9 Å². The maximum atomic E-state index is 13.4. The van der Waals surface area contributed by atoms with E-state index >= 15 is 0 Å². The Morgan fingerprint density at radius 1 is 1.23 bits per heavy atom. The van der Waals surface area contributed by atoms with Crippen molar-refractivity contribution in [2.24, 2.45) is 11.3 Å². The number of anilines is 1. The molecule has 2 aliphatic carbocycles. The van der Waals surface area contributed by atoms with Crippen molar-refractivity contribution in [3.63, 3.8) is 0 Å². The number of carbonyl (C=O) groups excluding carboxylic acids is 2. The van der Waals surface area contributed by atoms with Crippen LogP contribution in [0, 0.1) is 11.3 Å². The molecule has 166 valence electrons. The molecular weight excluding hydrogens is 394 g/mol. The lowest BCUT2D eigenvalue weighted by Crippen LogP contribution is -2.53. The first-order chi connectivity index (χ1) is 14.8. The number of likely N-dealkylation sites (tertiary alicyclic amines) is 1. The molecule has 0 spiro atoms. The molecule has 1 aliphatic heterocycles. The Balaban J connectivity index is 1.32. The molecule has 3 heterocycles. The summed E-state index contributed by atoms with van der Waals surface area (Å²) in [5.74, 6) is 0.671. The fourth-order valence-electron chi connectivity index (χ4n) is 5.78. The van der Waals surface area contributed by atoms with E-state index in [0.717, 1.165) is 38.5 Å². The van der Waals surface area contributed by atoms with E-state index in [4.69, 9.17) is 5.73 Å². The SMILES string of the molecule is CC1(C)CCCC(NC(=O)[C@@H]2C[C@H]3CC[C@H]3N2C(=O)Cn2cnc3c(N)ncnc32)C1. The second-order valence-corrected chi connectivity index (χ2v) is 10.2. The Bertz CT molecular complexity index is 1020. The quantitative estimate of drug-likeness (QED) is 0.772. The van der Waals surface area contributed by atoms with Gasteiger partial charge in [-0.25, -0.2) is 15.0 Å². The fourth-order valence-corrected chi connectivity index (χ4v) is 5.78. The van der Waals surface area contributed by atoms with Crippen molar-refractivity contribution < 1.29 is 9.59 Å². The molecule has 9 heteroatoms. The topological polar surface area (TPSA) is 119 Å². The molecule has 4 atom stereocenters. The summed E-state index contributed by atoms with van der Waals surface area (Å²) in [6, 6.07) is -0.0197. The Morgan fingerprint density at radius 3 is 2.81 bits per heavy atom. The predicted molar refractivity (Wildman–Crippen MR) is 116 cm³/mol. The molecule has 2 amide bonds. The van der Waals surface area contributed by atoms with Crippen molar-refractivity contribution in [1.29, 1.82) is 0 Å².